The Morgan fingerprint density at radius 1 is 1.09 bits per heavy atom. The van der Waals surface area contributed by atoms with E-state index in [2.05, 4.69) is 0 Å². The van der Waals surface area contributed by atoms with Crippen molar-refractivity contribution >= 4 is 26.9 Å². The number of carbonyl (C=O) groups excluding carboxylic acids is 1. The first-order valence-corrected chi connectivity index (χ1v) is 8.32. The maximum atomic E-state index is 12.2. The third-order valence-corrected chi connectivity index (χ3v) is 4.69. The van der Waals surface area contributed by atoms with Crippen LogP contribution in [0, 0.1) is 0 Å². The molecule has 1 amide bonds. The Kier molecular flexibility index (Phi) is 3.89. The minimum Gasteiger partial charge on any atom is -0.451 e. The van der Waals surface area contributed by atoms with Gasteiger partial charge in [0, 0.05) is 11.9 Å². The lowest BCUT2D eigenvalue weighted by molar-refractivity contribution is 0.0956. The van der Waals surface area contributed by atoms with Gasteiger partial charge in [-0.3, -0.25) is 4.79 Å². The van der Waals surface area contributed by atoms with Gasteiger partial charge in [-0.25, -0.2) is 13.1 Å². The summed E-state index contributed by atoms with van der Waals surface area (Å²) in [7, 11) is -3.97. The van der Waals surface area contributed by atoms with E-state index in [1.165, 1.54) is 18.2 Å². The standard InChI is InChI=1S/C16H14N2O4S/c17-10-11-5-7-13(8-6-11)23(20,21)18-16(19)15-9-12-3-1-2-4-14(12)22-15/h1-9H,10,17H2,(H,18,19). The van der Waals surface area contributed by atoms with Crippen LogP contribution in [0.25, 0.3) is 11.0 Å². The fraction of sp³-hybridized carbons (Fsp3) is 0.0625. The molecule has 0 saturated carbocycles. The number of nitrogens with one attached hydrogen (secondary N) is 1. The largest absolute Gasteiger partial charge is 0.451 e. The summed E-state index contributed by atoms with van der Waals surface area (Å²) in [6.07, 6.45) is 0. The molecule has 0 radical (unpaired) electrons. The Morgan fingerprint density at radius 3 is 2.43 bits per heavy atom. The Labute approximate surface area is 133 Å². The quantitative estimate of drug-likeness (QED) is 0.762. The second-order valence-corrected chi connectivity index (χ2v) is 6.61. The van der Waals surface area contributed by atoms with E-state index < -0.39 is 15.9 Å². The molecule has 0 spiro atoms. The second-order valence-electron chi connectivity index (χ2n) is 4.93. The normalized spacial score (nSPS) is 11.5. The van der Waals surface area contributed by atoms with E-state index in [1.807, 2.05) is 4.72 Å². The van der Waals surface area contributed by atoms with Crippen molar-refractivity contribution in [2.75, 3.05) is 0 Å². The van der Waals surface area contributed by atoms with Gasteiger partial charge in [-0.05, 0) is 29.8 Å². The molecule has 0 saturated heterocycles. The molecule has 0 unspecified atom stereocenters. The Balaban J connectivity index is 1.85. The lowest BCUT2D eigenvalue weighted by Crippen LogP contribution is -2.30. The van der Waals surface area contributed by atoms with Gasteiger partial charge in [-0.1, -0.05) is 30.3 Å². The van der Waals surface area contributed by atoms with Crippen LogP contribution in [-0.2, 0) is 16.6 Å². The molecule has 0 aliphatic rings. The highest BCUT2D eigenvalue weighted by molar-refractivity contribution is 7.90. The van der Waals surface area contributed by atoms with Crippen molar-refractivity contribution < 1.29 is 17.6 Å². The van der Waals surface area contributed by atoms with Crippen LogP contribution in [-0.4, -0.2) is 14.3 Å². The summed E-state index contributed by atoms with van der Waals surface area (Å²) in [5, 5.41) is 0.724. The lowest BCUT2D eigenvalue weighted by atomic mass is 10.2. The molecule has 118 valence electrons. The van der Waals surface area contributed by atoms with E-state index in [0.29, 0.717) is 12.1 Å². The zero-order valence-corrected chi connectivity index (χ0v) is 12.8. The smallest absolute Gasteiger partial charge is 0.300 e. The number of rotatable bonds is 4. The van der Waals surface area contributed by atoms with Crippen LogP contribution in [0.4, 0.5) is 0 Å². The van der Waals surface area contributed by atoms with Gasteiger partial charge in [0.15, 0.2) is 5.76 Å². The number of nitrogens with two attached hydrogens (primary N) is 1. The van der Waals surface area contributed by atoms with Crippen molar-refractivity contribution in [1.82, 2.24) is 4.72 Å². The number of amides is 1. The molecule has 1 heterocycles. The Hall–Kier alpha value is -2.64. The maximum absolute atomic E-state index is 12.2. The van der Waals surface area contributed by atoms with Crippen LogP contribution in [0.3, 0.4) is 0 Å². The molecular weight excluding hydrogens is 316 g/mol. The highest BCUT2D eigenvalue weighted by atomic mass is 32.2. The lowest BCUT2D eigenvalue weighted by Gasteiger charge is -2.06. The number of furan rings is 1. The van der Waals surface area contributed by atoms with Crippen LogP contribution < -0.4 is 10.5 Å². The molecule has 0 aliphatic carbocycles. The van der Waals surface area contributed by atoms with Crippen LogP contribution >= 0.6 is 0 Å². The van der Waals surface area contributed by atoms with Crippen molar-refractivity contribution in [3.05, 3.63) is 65.9 Å². The molecule has 0 fully saturated rings. The van der Waals surface area contributed by atoms with Gasteiger partial charge in [0.25, 0.3) is 10.0 Å². The SMILES string of the molecule is NCc1ccc(S(=O)(=O)NC(=O)c2cc3ccccc3o2)cc1. The molecule has 3 N–H and O–H groups in total. The van der Waals surface area contributed by atoms with E-state index in [0.717, 1.165) is 10.9 Å². The number of para-hydroxylation sites is 1. The maximum Gasteiger partial charge on any atom is 0.300 e. The first-order chi connectivity index (χ1) is 11.0. The molecule has 2 aromatic carbocycles. The second kappa shape index (κ2) is 5.86. The van der Waals surface area contributed by atoms with Gasteiger partial charge in [0.05, 0.1) is 4.90 Å². The van der Waals surface area contributed by atoms with E-state index >= 15 is 0 Å². The highest BCUT2D eigenvalue weighted by Crippen LogP contribution is 2.19. The van der Waals surface area contributed by atoms with Gasteiger partial charge in [-0.15, -0.1) is 0 Å². The monoisotopic (exact) mass is 330 g/mol. The Bertz CT molecular complexity index is 926. The topological polar surface area (TPSA) is 102 Å². The first-order valence-electron chi connectivity index (χ1n) is 6.84. The third-order valence-electron chi connectivity index (χ3n) is 3.35. The average molecular weight is 330 g/mol. The van der Waals surface area contributed by atoms with E-state index in [-0.39, 0.29) is 10.7 Å². The molecule has 3 rings (SSSR count). The molecule has 7 heteroatoms. The van der Waals surface area contributed by atoms with E-state index in [1.54, 1.807) is 36.4 Å². The highest BCUT2D eigenvalue weighted by Gasteiger charge is 2.21. The van der Waals surface area contributed by atoms with Crippen molar-refractivity contribution in [1.29, 1.82) is 0 Å². The summed E-state index contributed by atoms with van der Waals surface area (Å²) in [6.45, 7) is 0.311. The number of hydrogen-bond acceptors (Lipinski definition) is 5. The fourth-order valence-electron chi connectivity index (χ4n) is 2.13. The minimum atomic E-state index is -3.97. The summed E-state index contributed by atoms with van der Waals surface area (Å²) in [5.74, 6) is -0.877. The molecular formula is C16H14N2O4S. The predicted molar refractivity (Wildman–Crippen MR) is 85.2 cm³/mol. The van der Waals surface area contributed by atoms with Crippen LogP contribution in [0.5, 0.6) is 0 Å². The summed E-state index contributed by atoms with van der Waals surface area (Å²) < 4.78 is 31.8. The predicted octanol–water partition coefficient (Wildman–Crippen LogP) is 2.01. The van der Waals surface area contributed by atoms with E-state index in [9.17, 15) is 13.2 Å². The van der Waals surface area contributed by atoms with Crippen LogP contribution in [0.1, 0.15) is 16.1 Å². The zero-order valence-electron chi connectivity index (χ0n) is 12.0. The minimum absolute atomic E-state index is 0.0147. The zero-order chi connectivity index (χ0) is 16.4. The van der Waals surface area contributed by atoms with Gasteiger partial charge in [-0.2, -0.15) is 0 Å². The summed E-state index contributed by atoms with van der Waals surface area (Å²) in [4.78, 5) is 12.1. The fourth-order valence-corrected chi connectivity index (χ4v) is 3.09. The van der Waals surface area contributed by atoms with Crippen molar-refractivity contribution in [2.24, 2.45) is 5.73 Å². The number of sulfonamides is 1. The third kappa shape index (κ3) is 3.10. The van der Waals surface area contributed by atoms with Gasteiger partial charge in [0.1, 0.15) is 5.58 Å². The summed E-state index contributed by atoms with van der Waals surface area (Å²) in [5.41, 5.74) is 6.79. The van der Waals surface area contributed by atoms with Crippen molar-refractivity contribution in [2.45, 2.75) is 11.4 Å². The number of fused-ring (bicyclic) bond motifs is 1. The van der Waals surface area contributed by atoms with Crippen LogP contribution in [0.2, 0.25) is 0 Å². The number of benzene rings is 2. The summed E-state index contributed by atoms with van der Waals surface area (Å²) in [6, 6.07) is 14.5. The average Bonchev–Trinajstić information content (AvgIpc) is 2.99. The number of carbonyl (C=O) groups is 1. The molecule has 0 atom stereocenters. The van der Waals surface area contributed by atoms with Gasteiger partial charge < -0.3 is 10.2 Å². The van der Waals surface area contributed by atoms with E-state index in [4.69, 9.17) is 10.2 Å². The molecule has 23 heavy (non-hydrogen) atoms. The molecule has 6 nitrogen and oxygen atoms in total. The Morgan fingerprint density at radius 2 is 1.78 bits per heavy atom. The van der Waals surface area contributed by atoms with Crippen molar-refractivity contribution in [3.63, 3.8) is 0 Å². The van der Waals surface area contributed by atoms with Gasteiger partial charge in [0.2, 0.25) is 0 Å². The molecule has 0 aliphatic heterocycles. The number of hydrogen-bond donors (Lipinski definition) is 2. The van der Waals surface area contributed by atoms with Gasteiger partial charge >= 0.3 is 5.91 Å². The first kappa shape index (κ1) is 15.3. The van der Waals surface area contributed by atoms with Crippen LogP contribution in [0.15, 0.2) is 63.9 Å². The van der Waals surface area contributed by atoms with Crippen molar-refractivity contribution in [3.8, 4) is 0 Å². The molecule has 3 aromatic rings. The molecule has 0 bridgehead atoms. The molecule has 1 aromatic heterocycles. The summed E-state index contributed by atoms with van der Waals surface area (Å²) >= 11 is 0.